The van der Waals surface area contributed by atoms with Crippen LogP contribution in [0.2, 0.25) is 5.02 Å². The number of nitrogens with zero attached hydrogens (tertiary/aromatic N) is 1. The van der Waals surface area contributed by atoms with E-state index in [0.29, 0.717) is 26.6 Å². The molecule has 1 heterocycles. The molecule has 30 heavy (non-hydrogen) atoms. The molecule has 1 N–H and O–H groups in total. The van der Waals surface area contributed by atoms with Crippen molar-refractivity contribution >= 4 is 46.2 Å². The van der Waals surface area contributed by atoms with Gasteiger partial charge in [0.25, 0.3) is 5.91 Å². The highest BCUT2D eigenvalue weighted by atomic mass is 35.5. The van der Waals surface area contributed by atoms with Crippen molar-refractivity contribution in [3.05, 3.63) is 51.9 Å². The summed E-state index contributed by atoms with van der Waals surface area (Å²) < 4.78 is 16.5. The molecule has 1 aliphatic heterocycles. The number of carbonyl (C=O) groups excluding carboxylic acids is 1. The van der Waals surface area contributed by atoms with Crippen molar-refractivity contribution in [3.8, 4) is 17.2 Å². The van der Waals surface area contributed by atoms with Gasteiger partial charge in [-0.05, 0) is 73.1 Å². The first-order valence-corrected chi connectivity index (χ1v) is 10.6. The highest BCUT2D eigenvalue weighted by molar-refractivity contribution is 8.18. The van der Waals surface area contributed by atoms with Gasteiger partial charge in [-0.1, -0.05) is 18.5 Å². The van der Waals surface area contributed by atoms with Gasteiger partial charge in [-0.15, -0.1) is 0 Å². The van der Waals surface area contributed by atoms with E-state index in [4.69, 9.17) is 25.8 Å². The minimum atomic E-state index is -0.220. The van der Waals surface area contributed by atoms with Crippen molar-refractivity contribution in [2.45, 2.75) is 26.4 Å². The van der Waals surface area contributed by atoms with E-state index in [9.17, 15) is 4.79 Å². The zero-order valence-corrected chi connectivity index (χ0v) is 18.8. The third-order valence-corrected chi connectivity index (χ3v) is 5.59. The van der Waals surface area contributed by atoms with Crippen molar-refractivity contribution in [2.24, 2.45) is 4.99 Å². The monoisotopic (exact) mass is 446 g/mol. The van der Waals surface area contributed by atoms with Crippen LogP contribution in [0.4, 0.5) is 5.69 Å². The average Bonchev–Trinajstić information content (AvgIpc) is 3.08. The maximum absolute atomic E-state index is 12.4. The molecule has 0 unspecified atom stereocenters. The Kier molecular flexibility index (Phi) is 7.29. The lowest BCUT2D eigenvalue weighted by Crippen LogP contribution is -2.19. The molecule has 1 saturated heterocycles. The van der Waals surface area contributed by atoms with E-state index in [1.807, 2.05) is 38.1 Å². The number of amidine groups is 1. The van der Waals surface area contributed by atoms with Crippen molar-refractivity contribution in [2.75, 3.05) is 14.2 Å². The van der Waals surface area contributed by atoms with Gasteiger partial charge in [0.15, 0.2) is 16.7 Å². The second kappa shape index (κ2) is 9.91. The number of halogens is 1. The Morgan fingerprint density at radius 1 is 1.20 bits per heavy atom. The number of thioether (sulfide) groups is 1. The molecule has 2 aromatic rings. The molecule has 0 spiro atoms. The summed E-state index contributed by atoms with van der Waals surface area (Å²) >= 11 is 7.68. The molecule has 2 aromatic carbocycles. The topological polar surface area (TPSA) is 69.2 Å². The fraction of sp³-hybridized carbons (Fsp3) is 0.273. The van der Waals surface area contributed by atoms with Gasteiger partial charge in [0.1, 0.15) is 5.75 Å². The molecule has 0 bridgehead atoms. The Balaban J connectivity index is 1.83. The van der Waals surface area contributed by atoms with Crippen molar-refractivity contribution in [1.82, 2.24) is 5.32 Å². The molecule has 1 fully saturated rings. The molecule has 158 valence electrons. The van der Waals surface area contributed by atoms with Gasteiger partial charge in [0.2, 0.25) is 0 Å². The van der Waals surface area contributed by atoms with Crippen LogP contribution in [0.1, 0.15) is 25.8 Å². The predicted octanol–water partition coefficient (Wildman–Crippen LogP) is 5.43. The van der Waals surface area contributed by atoms with Crippen LogP contribution in [0.15, 0.2) is 46.3 Å². The normalized spacial score (nSPS) is 17.2. The van der Waals surface area contributed by atoms with E-state index < -0.39 is 0 Å². The fourth-order valence-electron chi connectivity index (χ4n) is 2.63. The SMILES string of the molecule is CC[C@H](C)Oc1c(Cl)cc(/C=C2/SC(=Nc3ccc(OC)cc3)NC2=O)cc1OC. The number of hydrogen-bond donors (Lipinski definition) is 1. The number of methoxy groups -OCH3 is 2. The Hall–Kier alpha value is -2.64. The third-order valence-electron chi connectivity index (χ3n) is 4.40. The van der Waals surface area contributed by atoms with Crippen molar-refractivity contribution in [3.63, 3.8) is 0 Å². The summed E-state index contributed by atoms with van der Waals surface area (Å²) in [6, 6.07) is 10.8. The van der Waals surface area contributed by atoms with Crippen molar-refractivity contribution in [1.29, 1.82) is 0 Å². The smallest absolute Gasteiger partial charge is 0.264 e. The number of hydrogen-bond acceptors (Lipinski definition) is 6. The molecular formula is C22H23ClN2O4S. The highest BCUT2D eigenvalue weighted by Crippen LogP contribution is 2.39. The molecule has 0 aromatic heterocycles. The summed E-state index contributed by atoms with van der Waals surface area (Å²) in [5, 5.41) is 3.71. The number of amides is 1. The van der Waals surface area contributed by atoms with Crippen LogP contribution in [0.3, 0.4) is 0 Å². The lowest BCUT2D eigenvalue weighted by atomic mass is 10.1. The maximum Gasteiger partial charge on any atom is 0.264 e. The lowest BCUT2D eigenvalue weighted by molar-refractivity contribution is -0.115. The number of ether oxygens (including phenoxy) is 3. The Labute approximate surface area is 185 Å². The largest absolute Gasteiger partial charge is 0.497 e. The summed E-state index contributed by atoms with van der Waals surface area (Å²) in [6.07, 6.45) is 2.60. The van der Waals surface area contributed by atoms with Crippen molar-refractivity contribution < 1.29 is 19.0 Å². The van der Waals surface area contributed by atoms with Crippen LogP contribution >= 0.6 is 23.4 Å². The first-order chi connectivity index (χ1) is 14.4. The van der Waals surface area contributed by atoms with Gasteiger partial charge in [-0.25, -0.2) is 4.99 Å². The zero-order chi connectivity index (χ0) is 21.7. The van der Waals surface area contributed by atoms with E-state index in [1.54, 1.807) is 32.4 Å². The van der Waals surface area contributed by atoms with Crippen LogP contribution in [0, 0.1) is 0 Å². The fourth-order valence-corrected chi connectivity index (χ4v) is 3.73. The standard InChI is InChI=1S/C22H23ClN2O4S/c1-5-13(2)29-20-17(23)10-14(11-18(20)28-4)12-19-21(26)25-22(30-19)24-15-6-8-16(27-3)9-7-15/h6-13H,5H2,1-4H3,(H,24,25,26)/b19-12+/t13-/m0/s1. The summed E-state index contributed by atoms with van der Waals surface area (Å²) in [4.78, 5) is 17.4. The van der Waals surface area contributed by atoms with Gasteiger partial charge in [0, 0.05) is 0 Å². The Bertz CT molecular complexity index is 989. The van der Waals surface area contributed by atoms with Gasteiger partial charge in [0.05, 0.1) is 35.9 Å². The molecule has 0 aliphatic carbocycles. The van der Waals surface area contributed by atoms with Gasteiger partial charge in [-0.3, -0.25) is 4.79 Å². The Morgan fingerprint density at radius 3 is 2.57 bits per heavy atom. The quantitative estimate of drug-likeness (QED) is 0.574. The number of nitrogens with one attached hydrogen (secondary N) is 1. The minimum absolute atomic E-state index is 0.00787. The van der Waals surface area contributed by atoms with E-state index in [0.717, 1.165) is 23.4 Å². The zero-order valence-electron chi connectivity index (χ0n) is 17.2. The van der Waals surface area contributed by atoms with E-state index >= 15 is 0 Å². The van der Waals surface area contributed by atoms with Crippen LogP contribution in [0.5, 0.6) is 17.2 Å². The summed E-state index contributed by atoms with van der Waals surface area (Å²) in [6.45, 7) is 4.00. The number of rotatable bonds is 7. The summed E-state index contributed by atoms with van der Waals surface area (Å²) in [5.74, 6) is 1.54. The van der Waals surface area contributed by atoms with Gasteiger partial charge >= 0.3 is 0 Å². The number of benzene rings is 2. The summed E-state index contributed by atoms with van der Waals surface area (Å²) in [7, 11) is 3.16. The van der Waals surface area contributed by atoms with Crippen LogP contribution in [-0.4, -0.2) is 31.4 Å². The summed E-state index contributed by atoms with van der Waals surface area (Å²) in [5.41, 5.74) is 1.45. The molecule has 3 rings (SSSR count). The minimum Gasteiger partial charge on any atom is -0.497 e. The lowest BCUT2D eigenvalue weighted by Gasteiger charge is -2.17. The molecule has 1 amide bonds. The molecule has 6 nitrogen and oxygen atoms in total. The third kappa shape index (κ3) is 5.29. The van der Waals surface area contributed by atoms with E-state index in [2.05, 4.69) is 10.3 Å². The van der Waals surface area contributed by atoms with Crippen LogP contribution in [0.25, 0.3) is 6.08 Å². The molecule has 1 atom stereocenters. The molecule has 0 saturated carbocycles. The predicted molar refractivity (Wildman–Crippen MR) is 122 cm³/mol. The second-order valence-electron chi connectivity index (χ2n) is 6.55. The first-order valence-electron chi connectivity index (χ1n) is 9.41. The maximum atomic E-state index is 12.4. The molecular weight excluding hydrogens is 424 g/mol. The molecule has 0 radical (unpaired) electrons. The van der Waals surface area contributed by atoms with Gasteiger partial charge < -0.3 is 19.5 Å². The first kappa shape index (κ1) is 22.1. The molecule has 8 heteroatoms. The Morgan fingerprint density at radius 2 is 1.93 bits per heavy atom. The molecule has 1 aliphatic rings. The average molecular weight is 447 g/mol. The number of carbonyl (C=O) groups is 1. The van der Waals surface area contributed by atoms with E-state index in [-0.39, 0.29) is 12.0 Å². The van der Waals surface area contributed by atoms with E-state index in [1.165, 1.54) is 11.8 Å². The van der Waals surface area contributed by atoms with Crippen LogP contribution in [-0.2, 0) is 4.79 Å². The van der Waals surface area contributed by atoms with Gasteiger partial charge in [-0.2, -0.15) is 0 Å². The number of aliphatic imine (C=N–C) groups is 1. The highest BCUT2D eigenvalue weighted by Gasteiger charge is 2.24. The van der Waals surface area contributed by atoms with Crippen LogP contribution < -0.4 is 19.5 Å². The second-order valence-corrected chi connectivity index (χ2v) is 7.99.